The van der Waals surface area contributed by atoms with Gasteiger partial charge in [-0.3, -0.25) is 5.41 Å². The quantitative estimate of drug-likeness (QED) is 0.522. The third kappa shape index (κ3) is 1.78. The Labute approximate surface area is 101 Å². The SMILES string of the molecule is N=C(N)N1CC[C@@H]2OCc3ccccc3[C@H]2C1. The lowest BCUT2D eigenvalue weighted by atomic mass is 9.83. The molecule has 90 valence electrons. The van der Waals surface area contributed by atoms with Crippen LogP contribution in [0.4, 0.5) is 0 Å². The number of hydrogen-bond donors (Lipinski definition) is 2. The van der Waals surface area contributed by atoms with Gasteiger partial charge in [-0.25, -0.2) is 0 Å². The van der Waals surface area contributed by atoms with Crippen LogP contribution in [0, 0.1) is 5.41 Å². The minimum atomic E-state index is 0.173. The van der Waals surface area contributed by atoms with E-state index in [1.807, 2.05) is 11.0 Å². The van der Waals surface area contributed by atoms with E-state index in [4.69, 9.17) is 15.9 Å². The third-order valence-corrected chi connectivity index (χ3v) is 3.80. The molecule has 0 radical (unpaired) electrons. The second-order valence-corrected chi connectivity index (χ2v) is 4.77. The molecule has 3 N–H and O–H groups in total. The Kier molecular flexibility index (Phi) is 2.52. The minimum Gasteiger partial charge on any atom is -0.373 e. The van der Waals surface area contributed by atoms with Gasteiger partial charge in [-0.05, 0) is 17.5 Å². The maximum atomic E-state index is 7.54. The molecule has 0 bridgehead atoms. The Hall–Kier alpha value is -1.55. The molecule has 17 heavy (non-hydrogen) atoms. The molecular weight excluding hydrogens is 214 g/mol. The van der Waals surface area contributed by atoms with Crippen molar-refractivity contribution in [2.45, 2.75) is 25.0 Å². The monoisotopic (exact) mass is 231 g/mol. The highest BCUT2D eigenvalue weighted by atomic mass is 16.5. The molecule has 4 heteroatoms. The standard InChI is InChI=1S/C13H17N3O/c14-13(15)16-6-5-12-11(7-16)10-4-2-1-3-9(10)8-17-12/h1-4,11-12H,5-8H2,(H3,14,15)/t11-,12+/m1/s1. The molecule has 0 unspecified atom stereocenters. The van der Waals surface area contributed by atoms with Crippen LogP contribution in [0.3, 0.4) is 0 Å². The Bertz CT molecular complexity index is 446. The van der Waals surface area contributed by atoms with Gasteiger partial charge in [0.05, 0.1) is 12.7 Å². The van der Waals surface area contributed by atoms with Gasteiger partial charge in [0.1, 0.15) is 0 Å². The average Bonchev–Trinajstić information content (AvgIpc) is 2.38. The fourth-order valence-electron chi connectivity index (χ4n) is 2.87. The molecule has 4 nitrogen and oxygen atoms in total. The maximum Gasteiger partial charge on any atom is 0.188 e. The van der Waals surface area contributed by atoms with E-state index in [1.54, 1.807) is 0 Å². The highest BCUT2D eigenvalue weighted by Gasteiger charge is 2.35. The normalized spacial score (nSPS) is 27.2. The molecule has 2 atom stereocenters. The number of likely N-dealkylation sites (tertiary alicyclic amines) is 1. The van der Waals surface area contributed by atoms with Gasteiger partial charge in [-0.15, -0.1) is 0 Å². The van der Waals surface area contributed by atoms with Crippen molar-refractivity contribution in [3.63, 3.8) is 0 Å². The predicted molar refractivity (Wildman–Crippen MR) is 65.9 cm³/mol. The van der Waals surface area contributed by atoms with Crippen LogP contribution >= 0.6 is 0 Å². The molecule has 0 aliphatic carbocycles. The highest BCUT2D eigenvalue weighted by molar-refractivity contribution is 5.74. The van der Waals surface area contributed by atoms with Gasteiger partial charge >= 0.3 is 0 Å². The van der Waals surface area contributed by atoms with E-state index in [0.717, 1.165) is 26.1 Å². The summed E-state index contributed by atoms with van der Waals surface area (Å²) in [6, 6.07) is 8.43. The predicted octanol–water partition coefficient (Wildman–Crippen LogP) is 1.27. The number of guanidine groups is 1. The summed E-state index contributed by atoms with van der Waals surface area (Å²) >= 11 is 0. The minimum absolute atomic E-state index is 0.173. The number of nitrogens with one attached hydrogen (secondary N) is 1. The van der Waals surface area contributed by atoms with Crippen molar-refractivity contribution < 1.29 is 4.74 Å². The zero-order valence-corrected chi connectivity index (χ0v) is 9.73. The summed E-state index contributed by atoms with van der Waals surface area (Å²) in [7, 11) is 0. The summed E-state index contributed by atoms with van der Waals surface area (Å²) in [5.41, 5.74) is 8.22. The van der Waals surface area contributed by atoms with Crippen molar-refractivity contribution in [2.75, 3.05) is 13.1 Å². The van der Waals surface area contributed by atoms with Crippen LogP contribution in [0.25, 0.3) is 0 Å². The summed E-state index contributed by atoms with van der Waals surface area (Å²) in [6.07, 6.45) is 1.25. The molecule has 0 saturated carbocycles. The first-order chi connectivity index (χ1) is 8.25. The molecular formula is C13H17N3O. The van der Waals surface area contributed by atoms with Crippen molar-refractivity contribution in [1.29, 1.82) is 5.41 Å². The van der Waals surface area contributed by atoms with Crippen LogP contribution in [-0.4, -0.2) is 30.1 Å². The van der Waals surface area contributed by atoms with E-state index < -0.39 is 0 Å². The first-order valence-corrected chi connectivity index (χ1v) is 6.04. The molecule has 0 amide bonds. The van der Waals surface area contributed by atoms with Crippen LogP contribution in [0.2, 0.25) is 0 Å². The Morgan fingerprint density at radius 3 is 3.06 bits per heavy atom. The first-order valence-electron chi connectivity index (χ1n) is 6.04. The summed E-state index contributed by atoms with van der Waals surface area (Å²) in [5.74, 6) is 0.532. The molecule has 1 saturated heterocycles. The summed E-state index contributed by atoms with van der Waals surface area (Å²) in [6.45, 7) is 2.35. The van der Waals surface area contributed by atoms with Gasteiger partial charge < -0.3 is 15.4 Å². The van der Waals surface area contributed by atoms with Gasteiger partial charge in [0.15, 0.2) is 5.96 Å². The summed E-state index contributed by atoms with van der Waals surface area (Å²) in [5, 5.41) is 7.54. The smallest absolute Gasteiger partial charge is 0.188 e. The van der Waals surface area contributed by atoms with E-state index in [9.17, 15) is 0 Å². The first kappa shape index (κ1) is 10.6. The zero-order chi connectivity index (χ0) is 11.8. The number of piperidine rings is 1. The molecule has 2 heterocycles. The third-order valence-electron chi connectivity index (χ3n) is 3.80. The number of nitrogens with two attached hydrogens (primary N) is 1. The molecule has 1 aromatic rings. The lowest BCUT2D eigenvalue weighted by Gasteiger charge is -2.42. The van der Waals surface area contributed by atoms with Crippen LogP contribution in [0.1, 0.15) is 23.5 Å². The second-order valence-electron chi connectivity index (χ2n) is 4.77. The van der Waals surface area contributed by atoms with Gasteiger partial charge in [-0.2, -0.15) is 0 Å². The number of fused-ring (bicyclic) bond motifs is 3. The lowest BCUT2D eigenvalue weighted by molar-refractivity contribution is -0.0207. The molecule has 2 aliphatic rings. The Balaban J connectivity index is 1.91. The second kappa shape index (κ2) is 4.04. The average molecular weight is 231 g/mol. The largest absolute Gasteiger partial charge is 0.373 e. The van der Waals surface area contributed by atoms with Crippen molar-refractivity contribution >= 4 is 5.96 Å². The lowest BCUT2D eigenvalue weighted by Crippen LogP contribution is -2.49. The highest BCUT2D eigenvalue weighted by Crippen LogP contribution is 2.36. The van der Waals surface area contributed by atoms with Crippen LogP contribution in [0.5, 0.6) is 0 Å². The van der Waals surface area contributed by atoms with Crippen molar-refractivity contribution in [3.8, 4) is 0 Å². The van der Waals surface area contributed by atoms with Crippen molar-refractivity contribution in [1.82, 2.24) is 4.90 Å². The fourth-order valence-corrected chi connectivity index (χ4v) is 2.87. The zero-order valence-electron chi connectivity index (χ0n) is 9.73. The molecule has 1 aromatic carbocycles. The number of rotatable bonds is 0. The van der Waals surface area contributed by atoms with Crippen molar-refractivity contribution in [3.05, 3.63) is 35.4 Å². The van der Waals surface area contributed by atoms with Crippen LogP contribution < -0.4 is 5.73 Å². The van der Waals surface area contributed by atoms with Crippen LogP contribution in [-0.2, 0) is 11.3 Å². The van der Waals surface area contributed by atoms with E-state index in [1.165, 1.54) is 11.1 Å². The summed E-state index contributed by atoms with van der Waals surface area (Å²) < 4.78 is 5.90. The van der Waals surface area contributed by atoms with E-state index in [-0.39, 0.29) is 5.96 Å². The molecule has 0 spiro atoms. The topological polar surface area (TPSA) is 62.3 Å². The maximum absolute atomic E-state index is 7.54. The number of hydrogen-bond acceptors (Lipinski definition) is 2. The molecule has 3 rings (SSSR count). The Morgan fingerprint density at radius 1 is 1.41 bits per heavy atom. The van der Waals surface area contributed by atoms with Crippen molar-refractivity contribution in [2.24, 2.45) is 5.73 Å². The fraction of sp³-hybridized carbons (Fsp3) is 0.462. The molecule has 1 fully saturated rings. The molecule has 2 aliphatic heterocycles. The number of nitrogens with zero attached hydrogens (tertiary/aromatic N) is 1. The van der Waals surface area contributed by atoms with Gasteiger partial charge in [-0.1, -0.05) is 24.3 Å². The van der Waals surface area contributed by atoms with E-state index in [0.29, 0.717) is 12.0 Å². The summed E-state index contributed by atoms with van der Waals surface area (Å²) in [4.78, 5) is 1.94. The van der Waals surface area contributed by atoms with E-state index >= 15 is 0 Å². The van der Waals surface area contributed by atoms with Gasteiger partial charge in [0, 0.05) is 19.0 Å². The van der Waals surface area contributed by atoms with Crippen LogP contribution in [0.15, 0.2) is 24.3 Å². The Morgan fingerprint density at radius 2 is 2.24 bits per heavy atom. The molecule has 0 aromatic heterocycles. The van der Waals surface area contributed by atoms with E-state index in [2.05, 4.69) is 18.2 Å². The van der Waals surface area contributed by atoms with Gasteiger partial charge in [0.25, 0.3) is 0 Å². The van der Waals surface area contributed by atoms with Gasteiger partial charge in [0.2, 0.25) is 0 Å². The number of benzene rings is 1. The number of ether oxygens (including phenoxy) is 1.